The van der Waals surface area contributed by atoms with Crippen LogP contribution in [0.4, 0.5) is 18.9 Å². The van der Waals surface area contributed by atoms with E-state index in [-0.39, 0.29) is 31.4 Å². The number of anilines is 1. The van der Waals surface area contributed by atoms with Crippen molar-refractivity contribution in [2.75, 3.05) is 11.6 Å². The summed E-state index contributed by atoms with van der Waals surface area (Å²) in [5.41, 5.74) is -6.26. The Morgan fingerprint density at radius 3 is 2.53 bits per heavy atom. The third-order valence-corrected chi connectivity index (χ3v) is 10.1. The second kappa shape index (κ2) is 7.22. The van der Waals surface area contributed by atoms with Gasteiger partial charge in [0.1, 0.15) is 12.0 Å². The standard InChI is InChI=1S/C27H28F3NO5/c1-24-8-7-17(32)10-20(24)21(29)11-19-18-9-14-13-31(16-5-3-15(28)4-6-16)36-27(14,23(34)35)25(18,2)12-22(33)26(19,24)30/h3-8,10,14,18-19,21-22,33H,9,11-13H2,1-2H3,(H,34,35)/t14-,18-,19-,21-,22-,24-,25-,26-,27-/m0/s1. The minimum absolute atomic E-state index is 0.0290. The fourth-order valence-corrected chi connectivity index (χ4v) is 8.37. The molecule has 6 rings (SSSR count). The highest BCUT2D eigenvalue weighted by Crippen LogP contribution is 2.72. The third-order valence-electron chi connectivity index (χ3n) is 10.1. The van der Waals surface area contributed by atoms with Crippen molar-refractivity contribution in [2.45, 2.75) is 56.7 Å². The Kier molecular flexibility index (Phi) is 4.76. The molecule has 6 nitrogen and oxygen atoms in total. The van der Waals surface area contributed by atoms with Crippen molar-refractivity contribution in [3.63, 3.8) is 0 Å². The largest absolute Gasteiger partial charge is 0.479 e. The van der Waals surface area contributed by atoms with E-state index in [9.17, 15) is 24.2 Å². The molecule has 9 atom stereocenters. The zero-order chi connectivity index (χ0) is 25.8. The number of hydrogen-bond donors (Lipinski definition) is 2. The first-order valence-electron chi connectivity index (χ1n) is 12.3. The second-order valence-electron chi connectivity index (χ2n) is 11.5. The SMILES string of the molecule is C[C@]12C=CC(=O)C=C1[C@@H](F)C[C@H]1[C@@H]3C[C@H]4CN(c5ccc(F)cc5)O[C@@]4(C(=O)O)[C@@]3(C)C[C@H](O)[C@@]12F. The molecule has 5 aliphatic rings. The molecule has 4 aliphatic carbocycles. The number of carbonyl (C=O) groups excluding carboxylic acids is 1. The van der Waals surface area contributed by atoms with E-state index in [0.717, 1.165) is 6.08 Å². The molecule has 0 amide bonds. The number of fused-ring (bicyclic) bond motifs is 7. The number of hydrogen-bond acceptors (Lipinski definition) is 5. The normalized spacial score (nSPS) is 47.1. The number of alkyl halides is 2. The van der Waals surface area contributed by atoms with Crippen molar-refractivity contribution in [3.05, 3.63) is 53.9 Å². The van der Waals surface area contributed by atoms with Crippen LogP contribution in [-0.4, -0.2) is 52.1 Å². The van der Waals surface area contributed by atoms with Gasteiger partial charge in [0.15, 0.2) is 11.5 Å². The number of nitrogens with zero attached hydrogens (tertiary/aromatic N) is 1. The number of ketones is 1. The van der Waals surface area contributed by atoms with Gasteiger partial charge in [0.25, 0.3) is 0 Å². The lowest BCUT2D eigenvalue weighted by Gasteiger charge is -2.62. The lowest BCUT2D eigenvalue weighted by Crippen LogP contribution is -2.70. The number of carboxylic acid groups (broad SMARTS) is 1. The van der Waals surface area contributed by atoms with E-state index < -0.39 is 69.7 Å². The number of carbonyl (C=O) groups is 2. The van der Waals surface area contributed by atoms with Crippen molar-refractivity contribution < 1.29 is 37.8 Å². The first-order chi connectivity index (χ1) is 16.9. The van der Waals surface area contributed by atoms with Crippen LogP contribution in [0, 0.1) is 34.4 Å². The summed E-state index contributed by atoms with van der Waals surface area (Å²) in [5, 5.41) is 23.4. The maximum absolute atomic E-state index is 17.3. The Morgan fingerprint density at radius 2 is 1.86 bits per heavy atom. The number of carboxylic acids is 1. The second-order valence-corrected chi connectivity index (χ2v) is 11.5. The van der Waals surface area contributed by atoms with Crippen LogP contribution in [0.5, 0.6) is 0 Å². The van der Waals surface area contributed by atoms with Crippen molar-refractivity contribution in [3.8, 4) is 0 Å². The number of rotatable bonds is 2. The van der Waals surface area contributed by atoms with E-state index >= 15 is 8.78 Å². The molecule has 0 spiro atoms. The number of allylic oxidation sites excluding steroid dienone is 4. The smallest absolute Gasteiger partial charge is 0.339 e. The van der Waals surface area contributed by atoms with Crippen LogP contribution < -0.4 is 5.06 Å². The molecule has 3 saturated carbocycles. The zero-order valence-corrected chi connectivity index (χ0v) is 20.0. The summed E-state index contributed by atoms with van der Waals surface area (Å²) in [4.78, 5) is 31.1. The van der Waals surface area contributed by atoms with Crippen LogP contribution in [-0.2, 0) is 14.4 Å². The first-order valence-corrected chi connectivity index (χ1v) is 12.3. The fraction of sp³-hybridized carbons (Fsp3) is 0.556. The summed E-state index contributed by atoms with van der Waals surface area (Å²) in [7, 11) is 0. The van der Waals surface area contributed by atoms with Gasteiger partial charge in [0.05, 0.1) is 18.3 Å². The van der Waals surface area contributed by atoms with Crippen molar-refractivity contribution in [2.24, 2.45) is 28.6 Å². The van der Waals surface area contributed by atoms with Gasteiger partial charge in [-0.25, -0.2) is 18.0 Å². The minimum Gasteiger partial charge on any atom is -0.479 e. The van der Waals surface area contributed by atoms with Crippen molar-refractivity contribution >= 4 is 17.4 Å². The lowest BCUT2D eigenvalue weighted by molar-refractivity contribution is -0.233. The van der Waals surface area contributed by atoms with Gasteiger partial charge in [0.2, 0.25) is 5.60 Å². The average Bonchev–Trinajstić information content (AvgIpc) is 3.32. The van der Waals surface area contributed by atoms with Gasteiger partial charge in [0, 0.05) is 22.7 Å². The Morgan fingerprint density at radius 1 is 1.17 bits per heavy atom. The molecule has 1 aromatic carbocycles. The Bertz CT molecular complexity index is 1220. The molecule has 1 heterocycles. The monoisotopic (exact) mass is 503 g/mol. The molecule has 4 fully saturated rings. The highest BCUT2D eigenvalue weighted by molar-refractivity contribution is 6.01. The molecule has 1 aliphatic heterocycles. The van der Waals surface area contributed by atoms with Crippen LogP contribution in [0.3, 0.4) is 0 Å². The Balaban J connectivity index is 1.43. The van der Waals surface area contributed by atoms with Gasteiger partial charge < -0.3 is 10.2 Å². The van der Waals surface area contributed by atoms with Gasteiger partial charge >= 0.3 is 5.97 Å². The molecule has 1 aromatic rings. The quantitative estimate of drug-likeness (QED) is 0.636. The predicted molar refractivity (Wildman–Crippen MR) is 123 cm³/mol. The molecule has 0 unspecified atom stereocenters. The van der Waals surface area contributed by atoms with E-state index in [1.807, 2.05) is 0 Å². The maximum atomic E-state index is 17.3. The van der Waals surface area contributed by atoms with E-state index in [0.29, 0.717) is 5.69 Å². The molecule has 192 valence electrons. The lowest BCUT2D eigenvalue weighted by atomic mass is 9.44. The van der Waals surface area contributed by atoms with Crippen LogP contribution in [0.1, 0.15) is 33.1 Å². The number of benzene rings is 1. The zero-order valence-electron chi connectivity index (χ0n) is 20.0. The number of aliphatic carboxylic acids is 1. The summed E-state index contributed by atoms with van der Waals surface area (Å²) in [5.74, 6) is -4.20. The van der Waals surface area contributed by atoms with Crippen LogP contribution >= 0.6 is 0 Å². The average molecular weight is 504 g/mol. The number of aliphatic hydroxyl groups excluding tert-OH is 1. The van der Waals surface area contributed by atoms with Crippen LogP contribution in [0.15, 0.2) is 48.1 Å². The predicted octanol–water partition coefficient (Wildman–Crippen LogP) is 3.95. The highest BCUT2D eigenvalue weighted by atomic mass is 19.1. The summed E-state index contributed by atoms with van der Waals surface area (Å²) in [6, 6.07) is 5.50. The van der Waals surface area contributed by atoms with E-state index in [1.165, 1.54) is 48.4 Å². The molecule has 1 saturated heterocycles. The molecule has 2 N–H and O–H groups in total. The van der Waals surface area contributed by atoms with Crippen LogP contribution in [0.2, 0.25) is 0 Å². The van der Waals surface area contributed by atoms with Crippen LogP contribution in [0.25, 0.3) is 0 Å². The first kappa shape index (κ1) is 23.7. The van der Waals surface area contributed by atoms with Gasteiger partial charge in [-0.1, -0.05) is 13.0 Å². The van der Waals surface area contributed by atoms with Gasteiger partial charge in [-0.3, -0.25) is 14.7 Å². The molecular formula is C27H28F3NO5. The van der Waals surface area contributed by atoms with E-state index in [2.05, 4.69) is 0 Å². The highest BCUT2D eigenvalue weighted by Gasteiger charge is 2.80. The summed E-state index contributed by atoms with van der Waals surface area (Å²) < 4.78 is 46.3. The topological polar surface area (TPSA) is 87.1 Å². The molecule has 0 aromatic heterocycles. The van der Waals surface area contributed by atoms with Gasteiger partial charge in [-0.05, 0) is 74.1 Å². The Hall–Kier alpha value is -2.65. The molecule has 36 heavy (non-hydrogen) atoms. The van der Waals surface area contributed by atoms with Crippen molar-refractivity contribution in [1.82, 2.24) is 0 Å². The molecule has 0 bridgehead atoms. The van der Waals surface area contributed by atoms with Gasteiger partial charge in [-0.15, -0.1) is 0 Å². The van der Waals surface area contributed by atoms with Crippen molar-refractivity contribution in [1.29, 1.82) is 0 Å². The molecule has 0 radical (unpaired) electrons. The fourth-order valence-electron chi connectivity index (χ4n) is 8.37. The minimum atomic E-state index is -2.28. The molecular weight excluding hydrogens is 475 g/mol. The summed E-state index contributed by atoms with van der Waals surface area (Å²) >= 11 is 0. The summed E-state index contributed by atoms with van der Waals surface area (Å²) in [6.07, 6.45) is 0.331. The molecule has 9 heteroatoms. The maximum Gasteiger partial charge on any atom is 0.339 e. The summed E-state index contributed by atoms with van der Waals surface area (Å²) in [6.45, 7) is 3.40. The van der Waals surface area contributed by atoms with E-state index in [4.69, 9.17) is 4.84 Å². The van der Waals surface area contributed by atoms with Gasteiger partial charge in [-0.2, -0.15) is 0 Å². The van der Waals surface area contributed by atoms with E-state index in [1.54, 1.807) is 6.92 Å². The number of aliphatic hydroxyl groups is 1. The number of halogens is 3. The Labute approximate surface area is 206 Å². The number of hydroxylamine groups is 1. The third kappa shape index (κ3) is 2.60.